The lowest BCUT2D eigenvalue weighted by molar-refractivity contribution is -0.307. The fraction of sp³-hybridized carbons (Fsp3) is 0.125. The highest BCUT2D eigenvalue weighted by molar-refractivity contribution is 7.91. The van der Waals surface area contributed by atoms with Crippen LogP contribution < -0.4 is 9.83 Å². The number of fused-ring (bicyclic) bond motifs is 1. The molecule has 0 radical (unpaired) electrons. The van der Waals surface area contributed by atoms with Crippen molar-refractivity contribution in [2.24, 2.45) is 0 Å². The molecule has 162 valence electrons. The van der Waals surface area contributed by atoms with Crippen LogP contribution in [0.5, 0.6) is 0 Å². The van der Waals surface area contributed by atoms with Crippen LogP contribution in [0, 0.1) is 18.8 Å². The SMILES string of the molecule is Cc1ccc(C#Cc2ccc(S(=O)(=O)N[C@H](Cc3c[nH]c4ccccc34)C(=O)[O-])s2)cc1. The number of aromatic nitrogens is 1. The summed E-state index contributed by atoms with van der Waals surface area (Å²) >= 11 is 0.983. The Labute approximate surface area is 190 Å². The van der Waals surface area contributed by atoms with Crippen molar-refractivity contribution in [3.05, 3.63) is 88.4 Å². The molecule has 0 spiro atoms. The van der Waals surface area contributed by atoms with E-state index in [9.17, 15) is 18.3 Å². The molecule has 4 rings (SSSR count). The monoisotopic (exact) mass is 463 g/mol. The van der Waals surface area contributed by atoms with Crippen LogP contribution in [0.3, 0.4) is 0 Å². The number of para-hydroxylation sites is 1. The number of hydrogen-bond acceptors (Lipinski definition) is 5. The number of aromatic amines is 1. The average Bonchev–Trinajstić information content (AvgIpc) is 3.41. The Morgan fingerprint density at radius 1 is 1.09 bits per heavy atom. The molecule has 6 nitrogen and oxygen atoms in total. The quantitative estimate of drug-likeness (QED) is 0.429. The number of carboxylic acids is 1. The molecule has 0 aliphatic heterocycles. The van der Waals surface area contributed by atoms with E-state index >= 15 is 0 Å². The molecule has 8 heteroatoms. The highest BCUT2D eigenvalue weighted by Gasteiger charge is 2.23. The van der Waals surface area contributed by atoms with Crippen molar-refractivity contribution in [3.63, 3.8) is 0 Å². The minimum absolute atomic E-state index is 0.00381. The van der Waals surface area contributed by atoms with Crippen molar-refractivity contribution in [2.45, 2.75) is 23.6 Å². The Morgan fingerprint density at radius 2 is 1.84 bits per heavy atom. The van der Waals surface area contributed by atoms with E-state index in [0.717, 1.165) is 33.4 Å². The zero-order valence-electron chi connectivity index (χ0n) is 17.1. The van der Waals surface area contributed by atoms with Crippen LogP contribution in [0.25, 0.3) is 10.9 Å². The van der Waals surface area contributed by atoms with E-state index in [1.165, 1.54) is 6.07 Å². The molecule has 4 aromatic rings. The van der Waals surface area contributed by atoms with Crippen LogP contribution in [0.15, 0.2) is 71.1 Å². The maximum Gasteiger partial charge on any atom is 0.250 e. The van der Waals surface area contributed by atoms with Crippen molar-refractivity contribution >= 4 is 38.2 Å². The molecule has 0 aliphatic carbocycles. The molecule has 32 heavy (non-hydrogen) atoms. The maximum absolute atomic E-state index is 12.8. The van der Waals surface area contributed by atoms with Gasteiger partial charge in [0.15, 0.2) is 0 Å². The van der Waals surface area contributed by atoms with Gasteiger partial charge in [-0.1, -0.05) is 47.7 Å². The molecule has 0 fully saturated rings. The third-order valence-corrected chi connectivity index (χ3v) is 7.87. The van der Waals surface area contributed by atoms with Gasteiger partial charge in [-0.3, -0.25) is 0 Å². The Morgan fingerprint density at radius 3 is 2.59 bits per heavy atom. The molecule has 2 aromatic carbocycles. The third-order valence-electron chi connectivity index (χ3n) is 4.91. The van der Waals surface area contributed by atoms with Gasteiger partial charge in [0.2, 0.25) is 0 Å². The number of hydrogen-bond donors (Lipinski definition) is 2. The number of benzene rings is 2. The first kappa shape index (κ1) is 21.8. The number of aliphatic carboxylic acids is 1. The lowest BCUT2D eigenvalue weighted by Gasteiger charge is -2.19. The molecular weight excluding hydrogens is 444 g/mol. The summed E-state index contributed by atoms with van der Waals surface area (Å²) in [6.07, 6.45) is 1.63. The van der Waals surface area contributed by atoms with E-state index in [4.69, 9.17) is 0 Å². The minimum atomic E-state index is -4.06. The predicted molar refractivity (Wildman–Crippen MR) is 123 cm³/mol. The number of thiophene rings is 1. The second-order valence-corrected chi connectivity index (χ2v) is 10.3. The summed E-state index contributed by atoms with van der Waals surface area (Å²) in [6, 6.07) is 16.7. The van der Waals surface area contributed by atoms with Gasteiger partial charge in [0.1, 0.15) is 4.21 Å². The number of nitrogens with one attached hydrogen (secondary N) is 2. The normalized spacial score (nSPS) is 12.3. The largest absolute Gasteiger partial charge is 0.548 e. The van der Waals surface area contributed by atoms with Crippen molar-refractivity contribution in [2.75, 3.05) is 0 Å². The van der Waals surface area contributed by atoms with Gasteiger partial charge in [0.05, 0.1) is 16.9 Å². The van der Waals surface area contributed by atoms with Gasteiger partial charge in [-0.05, 0) is 49.2 Å². The Balaban J connectivity index is 1.52. The van der Waals surface area contributed by atoms with E-state index in [0.29, 0.717) is 10.4 Å². The summed E-state index contributed by atoms with van der Waals surface area (Å²) in [7, 11) is -4.06. The number of aryl methyl sites for hydroxylation is 1. The molecular formula is C24H19N2O4S2-. The summed E-state index contributed by atoms with van der Waals surface area (Å²) < 4.78 is 27.9. The zero-order valence-corrected chi connectivity index (χ0v) is 18.7. The van der Waals surface area contributed by atoms with Gasteiger partial charge in [0.25, 0.3) is 10.0 Å². The van der Waals surface area contributed by atoms with E-state index in [1.807, 2.05) is 55.5 Å². The molecule has 2 N–H and O–H groups in total. The van der Waals surface area contributed by atoms with Crippen LogP contribution in [0.1, 0.15) is 21.6 Å². The maximum atomic E-state index is 12.8. The van der Waals surface area contributed by atoms with Gasteiger partial charge >= 0.3 is 0 Å². The third kappa shape index (κ3) is 4.92. The lowest BCUT2D eigenvalue weighted by Crippen LogP contribution is -2.48. The number of rotatable bonds is 6. The van der Waals surface area contributed by atoms with Crippen LogP contribution in [0.2, 0.25) is 0 Å². The molecule has 2 heterocycles. The molecule has 2 aromatic heterocycles. The van der Waals surface area contributed by atoms with Gasteiger partial charge < -0.3 is 14.9 Å². The van der Waals surface area contributed by atoms with Crippen LogP contribution in [-0.4, -0.2) is 25.4 Å². The number of carbonyl (C=O) groups excluding carboxylic acids is 1. The van der Waals surface area contributed by atoms with Gasteiger partial charge in [-0.2, -0.15) is 0 Å². The second kappa shape index (κ2) is 9.01. The minimum Gasteiger partial charge on any atom is -0.548 e. The molecule has 1 atom stereocenters. The van der Waals surface area contributed by atoms with E-state index in [1.54, 1.807) is 12.3 Å². The number of carbonyl (C=O) groups is 1. The van der Waals surface area contributed by atoms with Gasteiger partial charge in [0, 0.05) is 22.7 Å². The fourth-order valence-electron chi connectivity index (χ4n) is 3.24. The number of sulfonamides is 1. The van der Waals surface area contributed by atoms with E-state index in [-0.39, 0.29) is 10.6 Å². The summed E-state index contributed by atoms with van der Waals surface area (Å²) in [5, 5.41) is 12.5. The topological polar surface area (TPSA) is 102 Å². The molecule has 0 bridgehead atoms. The molecule has 0 aliphatic rings. The smallest absolute Gasteiger partial charge is 0.250 e. The summed E-state index contributed by atoms with van der Waals surface area (Å²) in [4.78, 5) is 15.3. The molecule has 0 unspecified atom stereocenters. The Hall–Kier alpha value is -3.38. The van der Waals surface area contributed by atoms with Crippen molar-refractivity contribution in [1.29, 1.82) is 0 Å². The van der Waals surface area contributed by atoms with Crippen molar-refractivity contribution < 1.29 is 18.3 Å². The standard InChI is InChI=1S/C24H20N2O4S2/c1-16-6-8-17(9-7-16)10-11-19-12-13-23(31-19)32(29,30)26-22(24(27)28)14-18-15-25-21-5-3-2-4-20(18)21/h2-9,12-13,15,22,25-26H,14H2,1H3,(H,27,28)/p-1/t22-/m1/s1. The van der Waals surface area contributed by atoms with Crippen LogP contribution in [-0.2, 0) is 21.2 Å². The summed E-state index contributed by atoms with van der Waals surface area (Å²) in [5.41, 5.74) is 3.48. The Bertz CT molecular complexity index is 1440. The first-order valence-corrected chi connectivity index (χ1v) is 12.1. The predicted octanol–water partition coefficient (Wildman–Crippen LogP) is 2.58. The average molecular weight is 464 g/mol. The van der Waals surface area contributed by atoms with Crippen molar-refractivity contribution in [1.82, 2.24) is 9.71 Å². The van der Waals surface area contributed by atoms with E-state index in [2.05, 4.69) is 21.5 Å². The van der Waals surface area contributed by atoms with Crippen LogP contribution >= 0.6 is 11.3 Å². The second-order valence-electron chi connectivity index (χ2n) is 7.29. The summed E-state index contributed by atoms with van der Waals surface area (Å²) in [6.45, 7) is 1.99. The first-order chi connectivity index (χ1) is 15.3. The fourth-order valence-corrected chi connectivity index (χ4v) is 5.60. The zero-order chi connectivity index (χ0) is 22.7. The van der Waals surface area contributed by atoms with E-state index < -0.39 is 22.0 Å². The highest BCUT2D eigenvalue weighted by Crippen LogP contribution is 2.23. The van der Waals surface area contributed by atoms with Crippen LogP contribution in [0.4, 0.5) is 0 Å². The number of H-pyrrole nitrogens is 1. The van der Waals surface area contributed by atoms with Crippen molar-refractivity contribution in [3.8, 4) is 11.8 Å². The first-order valence-electron chi connectivity index (χ1n) is 9.78. The molecule has 0 amide bonds. The highest BCUT2D eigenvalue weighted by atomic mass is 32.2. The van der Waals surface area contributed by atoms with Gasteiger partial charge in [-0.15, -0.1) is 11.3 Å². The summed E-state index contributed by atoms with van der Waals surface area (Å²) in [5.74, 6) is 4.45. The Kier molecular flexibility index (Phi) is 6.15. The molecule has 0 saturated heterocycles. The number of carboxylic acid groups (broad SMARTS) is 1. The van der Waals surface area contributed by atoms with Gasteiger partial charge in [-0.25, -0.2) is 13.1 Å². The molecule has 0 saturated carbocycles. The lowest BCUT2D eigenvalue weighted by atomic mass is 10.1.